The lowest BCUT2D eigenvalue weighted by Crippen LogP contribution is -2.30. The van der Waals surface area contributed by atoms with Crippen LogP contribution in [0.1, 0.15) is 119 Å². The number of unbranched alkanes of at least 4 members (excludes halogenated alkanes) is 1. The van der Waals surface area contributed by atoms with E-state index in [2.05, 4.69) is 22.8 Å². The maximum Gasteiger partial charge on any atom is 0.222 e. The predicted octanol–water partition coefficient (Wildman–Crippen LogP) is 7.12. The van der Waals surface area contributed by atoms with Gasteiger partial charge in [-0.25, -0.2) is 0 Å². The van der Waals surface area contributed by atoms with E-state index in [4.69, 9.17) is 9.47 Å². The highest BCUT2D eigenvalue weighted by Gasteiger charge is 2.50. The van der Waals surface area contributed by atoms with Crippen molar-refractivity contribution in [2.24, 2.45) is 5.92 Å². The van der Waals surface area contributed by atoms with Crippen LogP contribution in [0.15, 0.2) is 48.5 Å². The second kappa shape index (κ2) is 19.1. The van der Waals surface area contributed by atoms with Gasteiger partial charge in [0, 0.05) is 25.6 Å². The van der Waals surface area contributed by atoms with Crippen LogP contribution in [-0.2, 0) is 19.1 Å². The van der Waals surface area contributed by atoms with E-state index in [0.717, 1.165) is 43.8 Å². The van der Waals surface area contributed by atoms with E-state index in [0.29, 0.717) is 38.6 Å². The monoisotopic (exact) mass is 578 g/mol. The van der Waals surface area contributed by atoms with Gasteiger partial charge in [-0.1, -0.05) is 106 Å². The standard InChI is InChI=1S/C36H54N2O4/c39-33(23-26-42-28-27-41-25-16-19-29-17-10-6-2-1-3-7-11-18-29)37-24-15-14-22-32-36(40)34-30-20-12-8-4-5-9-13-21-31(30)35(34)38-32/h4-5,8-9,12-13,20-21,29,32,34-35,38H,1-3,6-7,10-11,14-19,22-28H2,(H,37,39). The lowest BCUT2D eigenvalue weighted by molar-refractivity contribution is -0.122. The highest BCUT2D eigenvalue weighted by atomic mass is 16.5. The van der Waals surface area contributed by atoms with Crippen molar-refractivity contribution in [1.29, 1.82) is 0 Å². The van der Waals surface area contributed by atoms with Gasteiger partial charge in [0.2, 0.25) is 5.91 Å². The third kappa shape index (κ3) is 10.8. The lowest BCUT2D eigenvalue weighted by atomic mass is 9.73. The molecule has 4 rings (SSSR count). The topological polar surface area (TPSA) is 76.7 Å². The van der Waals surface area contributed by atoms with Gasteiger partial charge in [0.25, 0.3) is 0 Å². The van der Waals surface area contributed by atoms with Crippen molar-refractivity contribution in [2.75, 3.05) is 33.0 Å². The lowest BCUT2D eigenvalue weighted by Gasteiger charge is -2.31. The molecule has 1 saturated carbocycles. The second-order valence-corrected chi connectivity index (χ2v) is 12.4. The number of rotatable bonds is 15. The van der Waals surface area contributed by atoms with Gasteiger partial charge in [-0.2, -0.15) is 0 Å². The van der Waals surface area contributed by atoms with Gasteiger partial charge in [0.15, 0.2) is 5.78 Å². The molecular weight excluding hydrogens is 524 g/mol. The number of ketones is 1. The number of carbonyl (C=O) groups is 2. The second-order valence-electron chi connectivity index (χ2n) is 12.4. The molecule has 2 fully saturated rings. The molecule has 0 bridgehead atoms. The fourth-order valence-corrected chi connectivity index (χ4v) is 6.78. The zero-order chi connectivity index (χ0) is 29.2. The zero-order valence-corrected chi connectivity index (χ0v) is 25.7. The highest BCUT2D eigenvalue weighted by molar-refractivity contribution is 5.96. The van der Waals surface area contributed by atoms with Crippen LogP contribution >= 0.6 is 0 Å². The number of hydrogen-bond acceptors (Lipinski definition) is 5. The maximum absolute atomic E-state index is 13.0. The van der Waals surface area contributed by atoms with Gasteiger partial charge >= 0.3 is 0 Å². The van der Waals surface area contributed by atoms with Gasteiger partial charge in [-0.15, -0.1) is 0 Å². The SMILES string of the molecule is O=C(CCOCCOCCCC1CCCCCCCCC1)NCCCCC1NC2c3ccccccccc3C2C1=O. The minimum atomic E-state index is -0.104. The molecule has 6 nitrogen and oxygen atoms in total. The summed E-state index contributed by atoms with van der Waals surface area (Å²) in [4.78, 5) is 25.2. The molecule has 3 aliphatic rings. The molecule has 0 spiro atoms. The Morgan fingerprint density at radius 1 is 0.738 bits per heavy atom. The largest absolute Gasteiger partial charge is 0.379 e. The van der Waals surface area contributed by atoms with E-state index in [1.54, 1.807) is 0 Å². The Balaban J connectivity index is 0.970. The Labute approximate surface area is 254 Å². The predicted molar refractivity (Wildman–Crippen MR) is 169 cm³/mol. The van der Waals surface area contributed by atoms with Crippen LogP contribution in [0, 0.1) is 5.92 Å². The molecule has 3 unspecified atom stereocenters. The first kappa shape index (κ1) is 32.6. The normalized spacial score (nSPS) is 22.4. The Kier molecular flexibility index (Phi) is 14.8. The quantitative estimate of drug-likeness (QED) is 0.217. The summed E-state index contributed by atoms with van der Waals surface area (Å²) in [5.41, 5.74) is 2.36. The molecule has 2 N–H and O–H groups in total. The first-order valence-electron chi connectivity index (χ1n) is 16.9. The maximum atomic E-state index is 13.0. The van der Waals surface area contributed by atoms with Crippen molar-refractivity contribution in [3.63, 3.8) is 0 Å². The van der Waals surface area contributed by atoms with Crippen LogP contribution in [0.2, 0.25) is 0 Å². The van der Waals surface area contributed by atoms with E-state index in [1.165, 1.54) is 69.8 Å². The molecule has 0 aromatic heterocycles. The summed E-state index contributed by atoms with van der Waals surface area (Å²) in [6, 6.07) is 16.3. The van der Waals surface area contributed by atoms with Crippen LogP contribution in [-0.4, -0.2) is 50.7 Å². The van der Waals surface area contributed by atoms with E-state index >= 15 is 0 Å². The number of hydrogen-bond donors (Lipinski definition) is 2. The van der Waals surface area contributed by atoms with Gasteiger partial charge in [-0.05, 0) is 49.1 Å². The van der Waals surface area contributed by atoms with Crippen molar-refractivity contribution < 1.29 is 19.1 Å². The molecule has 1 aliphatic heterocycles. The molecule has 0 radical (unpaired) electrons. The Morgan fingerprint density at radius 2 is 1.38 bits per heavy atom. The van der Waals surface area contributed by atoms with Crippen LogP contribution in [0.4, 0.5) is 0 Å². The van der Waals surface area contributed by atoms with E-state index in [1.807, 2.05) is 36.4 Å². The molecule has 1 saturated heterocycles. The molecule has 3 atom stereocenters. The molecule has 232 valence electrons. The first-order valence-corrected chi connectivity index (χ1v) is 16.9. The van der Waals surface area contributed by atoms with Crippen LogP contribution in [0.25, 0.3) is 0 Å². The Bertz CT molecular complexity index is 1000. The third-order valence-corrected chi connectivity index (χ3v) is 9.19. The third-order valence-electron chi connectivity index (χ3n) is 9.19. The summed E-state index contributed by atoms with van der Waals surface area (Å²) in [7, 11) is 0. The van der Waals surface area contributed by atoms with Gasteiger partial charge in [-0.3, -0.25) is 14.9 Å². The summed E-state index contributed by atoms with van der Waals surface area (Å²) in [5, 5.41) is 6.54. The summed E-state index contributed by atoms with van der Waals surface area (Å²) >= 11 is 0. The molecule has 6 heteroatoms. The smallest absolute Gasteiger partial charge is 0.222 e. The molecule has 1 aromatic rings. The minimum Gasteiger partial charge on any atom is -0.379 e. The summed E-state index contributed by atoms with van der Waals surface area (Å²) in [5.74, 6) is 1.18. The number of fused-ring (bicyclic) bond motifs is 4. The van der Waals surface area contributed by atoms with E-state index in [-0.39, 0.29) is 23.9 Å². The average molecular weight is 579 g/mol. The first-order chi connectivity index (χ1) is 20.7. The fourth-order valence-electron chi connectivity index (χ4n) is 6.78. The highest BCUT2D eigenvalue weighted by Crippen LogP contribution is 2.49. The minimum absolute atomic E-state index is 0.0206. The summed E-state index contributed by atoms with van der Waals surface area (Å²) in [6.07, 6.45) is 18.1. The van der Waals surface area contributed by atoms with Gasteiger partial charge in [0.1, 0.15) is 0 Å². The Hall–Kier alpha value is -2.28. The molecule has 1 heterocycles. The van der Waals surface area contributed by atoms with Crippen molar-refractivity contribution in [3.8, 4) is 0 Å². The number of ether oxygens (including phenoxy) is 2. The zero-order valence-electron chi connectivity index (χ0n) is 25.7. The van der Waals surface area contributed by atoms with E-state index in [9.17, 15) is 9.59 Å². The summed E-state index contributed by atoms with van der Waals surface area (Å²) < 4.78 is 11.4. The summed E-state index contributed by atoms with van der Waals surface area (Å²) in [6.45, 7) is 3.01. The number of amides is 1. The van der Waals surface area contributed by atoms with E-state index < -0.39 is 0 Å². The van der Waals surface area contributed by atoms with Crippen molar-refractivity contribution >= 4 is 11.7 Å². The fraction of sp³-hybridized carbons (Fsp3) is 0.667. The van der Waals surface area contributed by atoms with Crippen molar-refractivity contribution in [1.82, 2.24) is 10.6 Å². The number of nitrogens with one attached hydrogen (secondary N) is 2. The van der Waals surface area contributed by atoms with Crippen molar-refractivity contribution in [3.05, 3.63) is 59.7 Å². The van der Waals surface area contributed by atoms with Gasteiger partial charge < -0.3 is 14.8 Å². The van der Waals surface area contributed by atoms with Crippen LogP contribution < -0.4 is 10.6 Å². The van der Waals surface area contributed by atoms with Crippen molar-refractivity contribution in [2.45, 2.75) is 114 Å². The van der Waals surface area contributed by atoms with Crippen LogP contribution in [0.5, 0.6) is 0 Å². The number of Topliss-reactive ketones (excluding diaryl/α,β-unsaturated/α-hetero) is 1. The average Bonchev–Trinajstić information content (AvgIpc) is 3.27. The Morgan fingerprint density at radius 3 is 2.12 bits per heavy atom. The molecule has 1 amide bonds. The van der Waals surface area contributed by atoms with Crippen LogP contribution in [0.3, 0.4) is 0 Å². The molecule has 2 aliphatic carbocycles. The van der Waals surface area contributed by atoms with Gasteiger partial charge in [0.05, 0.1) is 31.8 Å². The molecule has 42 heavy (non-hydrogen) atoms. The number of carbonyl (C=O) groups excluding carboxylic acids is 2. The molecule has 1 aromatic carbocycles. The molecular formula is C36H54N2O4.